The first-order chi connectivity index (χ1) is 59.3. The van der Waals surface area contributed by atoms with Gasteiger partial charge in [-0.2, -0.15) is 0 Å². The average Bonchev–Trinajstić information content (AvgIpc) is 1.43. The number of urea groups is 4. The Balaban J connectivity index is 0.000000121. The van der Waals surface area contributed by atoms with Crippen LogP contribution in [-0.2, 0) is 41.8 Å². The fraction of sp³-hybridized carbons (Fsp3) is 0.566. The van der Waals surface area contributed by atoms with Crippen molar-refractivity contribution in [1.82, 2.24) is 59.6 Å². The Hall–Kier alpha value is -8.54. The maximum atomic E-state index is 13.7. The molecule has 652 valence electrons. The summed E-state index contributed by atoms with van der Waals surface area (Å²) in [5.74, 6) is 2.82. The minimum atomic E-state index is -0.0195. The van der Waals surface area contributed by atoms with Crippen LogP contribution in [0.1, 0.15) is 233 Å². The molecule has 7 aromatic carbocycles. The summed E-state index contributed by atoms with van der Waals surface area (Å²) in [7, 11) is 11.1. The SMILES string of the molecule is CCN(C)C1(c2ccccc2)CCC2(CC1)CN(Cc1ccccc1)C(=O)N2CC1CCC1.CCN(C)C1(c2ccccc2)CCC2(CC1)CNC(=O)N2CC1CCC1.CN(C)C1(c2ccccc2)CCC2(CC1)CN(Cc1ccccc1)C(=O)N2CC1CCC1.CNC1(c2ccccc2)CCC2(CC1)CN(Cc1ccccc1)C(=O)N2CC1CCC1. The average molecular weight is 1650 g/mol. The van der Waals surface area contributed by atoms with E-state index in [-0.39, 0.29) is 68.4 Å². The molecule has 122 heavy (non-hydrogen) atoms. The molecule has 0 bridgehead atoms. The van der Waals surface area contributed by atoms with Gasteiger partial charge in [-0.25, -0.2) is 19.2 Å². The summed E-state index contributed by atoms with van der Waals surface area (Å²) in [5.41, 5.74) is 9.57. The Morgan fingerprint density at radius 1 is 0.328 bits per heavy atom. The number of hydrogen-bond donors (Lipinski definition) is 2. The van der Waals surface area contributed by atoms with E-state index in [1.165, 1.54) is 116 Å². The van der Waals surface area contributed by atoms with Crippen molar-refractivity contribution in [3.8, 4) is 0 Å². The molecule has 4 heterocycles. The number of nitrogens with zero attached hydrogens (tertiary/aromatic N) is 10. The van der Waals surface area contributed by atoms with E-state index in [0.717, 1.165) is 194 Å². The van der Waals surface area contributed by atoms with E-state index in [1.54, 1.807) is 0 Å². The van der Waals surface area contributed by atoms with Crippen molar-refractivity contribution in [2.75, 3.05) is 101 Å². The molecule has 2 N–H and O–H groups in total. The summed E-state index contributed by atoms with van der Waals surface area (Å²) >= 11 is 0. The fourth-order valence-corrected chi connectivity index (χ4v) is 24.2. The number of benzene rings is 7. The number of carbonyl (C=O) groups is 4. The van der Waals surface area contributed by atoms with Crippen molar-refractivity contribution in [2.45, 2.75) is 258 Å². The molecule has 8 saturated carbocycles. The fourth-order valence-electron chi connectivity index (χ4n) is 24.2. The number of rotatable bonds is 24. The van der Waals surface area contributed by atoms with Crippen molar-refractivity contribution >= 4 is 24.1 Å². The number of nitrogens with one attached hydrogen (secondary N) is 2. The highest BCUT2D eigenvalue weighted by Crippen LogP contribution is 2.55. The summed E-state index contributed by atoms with van der Waals surface area (Å²) in [4.78, 5) is 76.5. The third-order valence-electron chi connectivity index (χ3n) is 33.4. The van der Waals surface area contributed by atoms with Crippen LogP contribution >= 0.6 is 0 Å². The molecular weight excluding hydrogens is 1510 g/mol. The lowest BCUT2D eigenvalue weighted by Gasteiger charge is -2.52. The van der Waals surface area contributed by atoms with Gasteiger partial charge in [0.2, 0.25) is 0 Å². The van der Waals surface area contributed by atoms with Crippen LogP contribution < -0.4 is 10.6 Å². The van der Waals surface area contributed by atoms with Gasteiger partial charge in [0.1, 0.15) is 0 Å². The summed E-state index contributed by atoms with van der Waals surface area (Å²) in [5, 5.41) is 6.83. The van der Waals surface area contributed by atoms with E-state index in [9.17, 15) is 19.2 Å². The Kier molecular flexibility index (Phi) is 26.9. The quantitative estimate of drug-likeness (QED) is 0.0613. The van der Waals surface area contributed by atoms with Gasteiger partial charge in [-0.1, -0.05) is 252 Å². The molecule has 8 amide bonds. The van der Waals surface area contributed by atoms with Gasteiger partial charge in [0.05, 0.1) is 22.2 Å². The van der Waals surface area contributed by atoms with Crippen molar-refractivity contribution < 1.29 is 19.2 Å². The molecule has 12 aliphatic rings. The van der Waals surface area contributed by atoms with Gasteiger partial charge < -0.3 is 44.9 Å². The van der Waals surface area contributed by atoms with Crippen LogP contribution in [0.2, 0.25) is 0 Å². The summed E-state index contributed by atoms with van der Waals surface area (Å²) in [6.07, 6.45) is 33.0. The van der Waals surface area contributed by atoms with Gasteiger partial charge in [-0.05, 0) is 265 Å². The Morgan fingerprint density at radius 3 is 0.869 bits per heavy atom. The van der Waals surface area contributed by atoms with Crippen LogP contribution in [-0.4, -0.2) is 196 Å². The van der Waals surface area contributed by atoms with E-state index in [0.29, 0.717) is 17.8 Å². The molecular formula is C106H144N12O4. The van der Waals surface area contributed by atoms with E-state index >= 15 is 0 Å². The highest BCUT2D eigenvalue weighted by molar-refractivity contribution is 5.80. The molecule has 16 nitrogen and oxygen atoms in total. The number of hydrogen-bond acceptors (Lipinski definition) is 8. The summed E-state index contributed by atoms with van der Waals surface area (Å²) < 4.78 is 0. The van der Waals surface area contributed by atoms with Crippen LogP contribution in [0.3, 0.4) is 0 Å². The third kappa shape index (κ3) is 17.7. The number of amides is 8. The molecule has 19 rings (SSSR count). The second-order valence-corrected chi connectivity index (χ2v) is 39.9. The number of carbonyl (C=O) groups excluding carboxylic acids is 4. The lowest BCUT2D eigenvalue weighted by molar-refractivity contribution is 0.00698. The van der Waals surface area contributed by atoms with Crippen LogP contribution in [0.25, 0.3) is 0 Å². The Labute approximate surface area is 731 Å². The molecule has 7 aromatic rings. The van der Waals surface area contributed by atoms with Gasteiger partial charge in [0, 0.05) is 94.1 Å². The van der Waals surface area contributed by atoms with Gasteiger partial charge >= 0.3 is 24.1 Å². The standard InChI is InChI=1S/C29H39N3O.C28H37N3O.C27H35N3O.C22H33N3O/c1-3-30(2)29(26-15-8-5-9-16-26)19-17-28(18-20-29)23-31(21-24-11-6-4-7-12-24)27(33)32(28)22-25-13-10-14-25;1-29(2)28(25-14-7-4-8-15-25)18-16-27(17-19-28)22-30(20-23-10-5-3-6-11-23)26(32)31(27)21-24-12-9-13-24;1-28-27(24-13-6-3-7-14-24)17-15-26(16-18-27)21-29(19-22-9-4-2-5-10-22)25(31)30(26)20-23-11-8-12-23;1-3-24(2)22(19-10-5-4-6-11-19)14-12-21(13-15-22)17-23-20(26)25(21)16-18-8-7-9-18/h4-9,11-12,15-16,25H,3,10,13-14,17-23H2,1-2H3;3-8,10-11,14-15,24H,9,12-13,16-22H2,1-2H3;2-7,9-10,13-14,23,28H,8,11-12,15-21H2,1H3;4-6,10-11,18H,3,7-9,12-17H2,1-2H3,(H,23,26). The zero-order chi connectivity index (χ0) is 84.6. The summed E-state index contributed by atoms with van der Waals surface area (Å²) in [6.45, 7) is 16.0. The first-order valence-electron chi connectivity index (χ1n) is 47.7. The third-order valence-corrected chi connectivity index (χ3v) is 33.4. The van der Waals surface area contributed by atoms with Crippen LogP contribution in [0.15, 0.2) is 212 Å². The molecule has 4 spiro atoms. The normalized spacial score (nSPS) is 29.2. The molecule has 0 aromatic heterocycles. The molecule has 0 unspecified atom stereocenters. The predicted molar refractivity (Wildman–Crippen MR) is 493 cm³/mol. The first-order valence-corrected chi connectivity index (χ1v) is 47.7. The highest BCUT2D eigenvalue weighted by atomic mass is 16.2. The first kappa shape index (κ1) is 87.0. The highest BCUT2D eigenvalue weighted by Gasteiger charge is 2.59. The minimum absolute atomic E-state index is 0.0173. The molecule has 4 aliphatic heterocycles. The van der Waals surface area contributed by atoms with Crippen molar-refractivity contribution in [1.29, 1.82) is 0 Å². The largest absolute Gasteiger partial charge is 0.336 e. The Bertz CT molecular complexity index is 4510. The van der Waals surface area contributed by atoms with E-state index in [4.69, 9.17) is 0 Å². The molecule has 0 atom stereocenters. The van der Waals surface area contributed by atoms with Gasteiger partial charge in [-0.3, -0.25) is 14.7 Å². The smallest absolute Gasteiger partial charge is 0.320 e. The van der Waals surface area contributed by atoms with Gasteiger partial charge in [-0.15, -0.1) is 0 Å². The van der Waals surface area contributed by atoms with Crippen LogP contribution in [0.5, 0.6) is 0 Å². The molecule has 12 fully saturated rings. The minimum Gasteiger partial charge on any atom is -0.336 e. The van der Waals surface area contributed by atoms with Crippen LogP contribution in [0.4, 0.5) is 19.2 Å². The van der Waals surface area contributed by atoms with Crippen LogP contribution in [0, 0.1) is 23.7 Å². The molecule has 16 heteroatoms. The maximum absolute atomic E-state index is 13.7. The molecule has 4 saturated heterocycles. The van der Waals surface area contributed by atoms with E-state index in [2.05, 4.69) is 303 Å². The molecule has 8 aliphatic carbocycles. The lowest BCUT2D eigenvalue weighted by atomic mass is 9.68. The van der Waals surface area contributed by atoms with Crippen molar-refractivity contribution in [3.63, 3.8) is 0 Å². The zero-order valence-corrected chi connectivity index (χ0v) is 75.1. The second-order valence-electron chi connectivity index (χ2n) is 39.9. The van der Waals surface area contributed by atoms with E-state index < -0.39 is 0 Å². The molecule has 0 radical (unpaired) electrons. The predicted octanol–water partition coefficient (Wildman–Crippen LogP) is 20.5. The topological polar surface area (TPSA) is 125 Å². The van der Waals surface area contributed by atoms with Crippen molar-refractivity contribution in [2.24, 2.45) is 23.7 Å². The van der Waals surface area contributed by atoms with Gasteiger partial charge in [0.25, 0.3) is 0 Å². The van der Waals surface area contributed by atoms with E-state index in [1.807, 2.05) is 18.2 Å². The monoisotopic (exact) mass is 1650 g/mol. The Morgan fingerprint density at radius 2 is 0.590 bits per heavy atom. The zero-order valence-electron chi connectivity index (χ0n) is 75.1. The lowest BCUT2D eigenvalue weighted by Crippen LogP contribution is -2.57. The van der Waals surface area contributed by atoms with Gasteiger partial charge in [0.15, 0.2) is 0 Å². The second kappa shape index (κ2) is 37.7. The maximum Gasteiger partial charge on any atom is 0.320 e. The van der Waals surface area contributed by atoms with Crippen molar-refractivity contribution in [3.05, 3.63) is 251 Å². The summed E-state index contributed by atoms with van der Waals surface area (Å²) in [6, 6.07) is 76.3.